The van der Waals surface area contributed by atoms with Gasteiger partial charge in [-0.3, -0.25) is 0 Å². The second kappa shape index (κ2) is 4.69. The zero-order chi connectivity index (χ0) is 11.7. The van der Waals surface area contributed by atoms with E-state index < -0.39 is 0 Å². The van der Waals surface area contributed by atoms with Crippen LogP contribution in [-0.4, -0.2) is 17.3 Å². The molecule has 1 aliphatic heterocycles. The van der Waals surface area contributed by atoms with Crippen LogP contribution in [0, 0.1) is 5.92 Å². The van der Waals surface area contributed by atoms with Crippen molar-refractivity contribution in [1.82, 2.24) is 0 Å². The van der Waals surface area contributed by atoms with Gasteiger partial charge in [0.25, 0.3) is 0 Å². The molecule has 0 saturated heterocycles. The fourth-order valence-corrected chi connectivity index (χ4v) is 3.19. The standard InChI is InChI=1S/C15H20O2/c16-14-7-3-1-5-11(14)9-13-10-12-6-2-4-8-15(12)17-13/h2,4,6,8,11,13-14,16H,1,3,5,7,9-10H2. The summed E-state index contributed by atoms with van der Waals surface area (Å²) < 4.78 is 5.95. The molecule has 0 radical (unpaired) electrons. The van der Waals surface area contributed by atoms with Crippen LogP contribution in [0.1, 0.15) is 37.7 Å². The number of aliphatic hydroxyl groups is 1. The molecule has 3 rings (SSSR count). The molecule has 0 spiro atoms. The van der Waals surface area contributed by atoms with Gasteiger partial charge in [0, 0.05) is 6.42 Å². The monoisotopic (exact) mass is 232 g/mol. The third-order valence-corrected chi connectivity index (χ3v) is 4.15. The van der Waals surface area contributed by atoms with E-state index in [2.05, 4.69) is 12.1 Å². The molecule has 0 aromatic heterocycles. The molecule has 0 amide bonds. The highest BCUT2D eigenvalue weighted by molar-refractivity contribution is 5.37. The summed E-state index contributed by atoms with van der Waals surface area (Å²) in [5.41, 5.74) is 1.32. The fourth-order valence-electron chi connectivity index (χ4n) is 3.19. The Kier molecular flexibility index (Phi) is 3.06. The normalized spacial score (nSPS) is 31.9. The molecule has 1 saturated carbocycles. The van der Waals surface area contributed by atoms with E-state index in [4.69, 9.17) is 4.74 Å². The first kappa shape index (κ1) is 11.1. The van der Waals surface area contributed by atoms with Gasteiger partial charge in [-0.15, -0.1) is 0 Å². The molecule has 3 atom stereocenters. The van der Waals surface area contributed by atoms with E-state index in [1.165, 1.54) is 18.4 Å². The summed E-state index contributed by atoms with van der Waals surface area (Å²) in [6.07, 6.45) is 6.79. The lowest BCUT2D eigenvalue weighted by Gasteiger charge is -2.29. The van der Waals surface area contributed by atoms with Gasteiger partial charge in [-0.05, 0) is 36.8 Å². The molecule has 2 aliphatic rings. The Labute approximate surface area is 103 Å². The lowest BCUT2D eigenvalue weighted by Crippen LogP contribution is -2.29. The highest BCUT2D eigenvalue weighted by Crippen LogP contribution is 2.34. The van der Waals surface area contributed by atoms with Crippen LogP contribution >= 0.6 is 0 Å². The molecule has 1 aromatic rings. The van der Waals surface area contributed by atoms with Crippen LogP contribution in [-0.2, 0) is 6.42 Å². The lowest BCUT2D eigenvalue weighted by molar-refractivity contribution is 0.0442. The van der Waals surface area contributed by atoms with E-state index in [0.29, 0.717) is 5.92 Å². The molecule has 1 heterocycles. The largest absolute Gasteiger partial charge is 0.490 e. The Balaban J connectivity index is 1.61. The number of aliphatic hydroxyl groups excluding tert-OH is 1. The van der Waals surface area contributed by atoms with E-state index in [9.17, 15) is 5.11 Å². The summed E-state index contributed by atoms with van der Waals surface area (Å²) in [7, 11) is 0. The number of para-hydroxylation sites is 1. The molecule has 2 heteroatoms. The van der Waals surface area contributed by atoms with Gasteiger partial charge in [0.05, 0.1) is 6.10 Å². The fraction of sp³-hybridized carbons (Fsp3) is 0.600. The van der Waals surface area contributed by atoms with Crippen LogP contribution in [0.5, 0.6) is 5.75 Å². The maximum atomic E-state index is 9.99. The number of rotatable bonds is 2. The van der Waals surface area contributed by atoms with Crippen molar-refractivity contribution in [2.45, 2.75) is 50.7 Å². The summed E-state index contributed by atoms with van der Waals surface area (Å²) in [4.78, 5) is 0. The predicted molar refractivity (Wildman–Crippen MR) is 67.1 cm³/mol. The molecular formula is C15H20O2. The Morgan fingerprint density at radius 3 is 2.82 bits per heavy atom. The average Bonchev–Trinajstić information content (AvgIpc) is 2.74. The van der Waals surface area contributed by atoms with Crippen LogP contribution in [0.3, 0.4) is 0 Å². The van der Waals surface area contributed by atoms with Crippen molar-refractivity contribution in [1.29, 1.82) is 0 Å². The Morgan fingerprint density at radius 2 is 2.00 bits per heavy atom. The molecular weight excluding hydrogens is 212 g/mol. The molecule has 1 N–H and O–H groups in total. The van der Waals surface area contributed by atoms with E-state index in [1.807, 2.05) is 12.1 Å². The number of ether oxygens (including phenoxy) is 1. The molecule has 1 aromatic carbocycles. The summed E-state index contributed by atoms with van der Waals surface area (Å²) >= 11 is 0. The predicted octanol–water partition coefficient (Wildman–Crippen LogP) is 2.93. The minimum Gasteiger partial charge on any atom is -0.490 e. The van der Waals surface area contributed by atoms with Crippen molar-refractivity contribution in [2.24, 2.45) is 5.92 Å². The highest BCUT2D eigenvalue weighted by atomic mass is 16.5. The molecule has 0 bridgehead atoms. The van der Waals surface area contributed by atoms with Gasteiger partial charge in [-0.2, -0.15) is 0 Å². The van der Waals surface area contributed by atoms with Crippen LogP contribution in [0.15, 0.2) is 24.3 Å². The minimum atomic E-state index is -0.101. The molecule has 1 fully saturated rings. The third-order valence-electron chi connectivity index (χ3n) is 4.15. The second-order valence-electron chi connectivity index (χ2n) is 5.40. The number of fused-ring (bicyclic) bond motifs is 1. The van der Waals surface area contributed by atoms with E-state index >= 15 is 0 Å². The van der Waals surface area contributed by atoms with Gasteiger partial charge in [0.15, 0.2) is 0 Å². The van der Waals surface area contributed by atoms with Gasteiger partial charge in [-0.25, -0.2) is 0 Å². The van der Waals surface area contributed by atoms with Gasteiger partial charge < -0.3 is 9.84 Å². The molecule has 1 aliphatic carbocycles. The summed E-state index contributed by atoms with van der Waals surface area (Å²) in [6, 6.07) is 8.29. The van der Waals surface area contributed by atoms with Crippen molar-refractivity contribution in [2.75, 3.05) is 0 Å². The summed E-state index contributed by atoms with van der Waals surface area (Å²) in [5, 5.41) is 9.99. The van der Waals surface area contributed by atoms with Crippen molar-refractivity contribution in [3.63, 3.8) is 0 Å². The average molecular weight is 232 g/mol. The van der Waals surface area contributed by atoms with Gasteiger partial charge in [-0.1, -0.05) is 31.0 Å². The first-order valence-corrected chi connectivity index (χ1v) is 6.75. The molecule has 17 heavy (non-hydrogen) atoms. The quantitative estimate of drug-likeness (QED) is 0.849. The molecule has 3 unspecified atom stereocenters. The van der Waals surface area contributed by atoms with Crippen molar-refractivity contribution in [3.05, 3.63) is 29.8 Å². The van der Waals surface area contributed by atoms with Crippen LogP contribution in [0.2, 0.25) is 0 Å². The lowest BCUT2D eigenvalue weighted by atomic mass is 9.82. The third kappa shape index (κ3) is 2.32. The number of benzene rings is 1. The molecule has 92 valence electrons. The van der Waals surface area contributed by atoms with Crippen molar-refractivity contribution >= 4 is 0 Å². The first-order chi connectivity index (χ1) is 8.33. The smallest absolute Gasteiger partial charge is 0.123 e. The van der Waals surface area contributed by atoms with Crippen molar-refractivity contribution < 1.29 is 9.84 Å². The minimum absolute atomic E-state index is 0.101. The maximum Gasteiger partial charge on any atom is 0.123 e. The highest BCUT2D eigenvalue weighted by Gasteiger charge is 2.30. The summed E-state index contributed by atoms with van der Waals surface area (Å²) in [6.45, 7) is 0. The number of hydrogen-bond donors (Lipinski definition) is 1. The topological polar surface area (TPSA) is 29.5 Å². The van der Waals surface area contributed by atoms with E-state index in [-0.39, 0.29) is 12.2 Å². The zero-order valence-corrected chi connectivity index (χ0v) is 10.1. The van der Waals surface area contributed by atoms with Crippen LogP contribution in [0.4, 0.5) is 0 Å². The first-order valence-electron chi connectivity index (χ1n) is 6.75. The second-order valence-corrected chi connectivity index (χ2v) is 5.40. The SMILES string of the molecule is OC1CCCCC1CC1Cc2ccccc2O1. The number of hydrogen-bond acceptors (Lipinski definition) is 2. The van der Waals surface area contributed by atoms with Gasteiger partial charge in [0.2, 0.25) is 0 Å². The zero-order valence-electron chi connectivity index (χ0n) is 10.1. The van der Waals surface area contributed by atoms with Gasteiger partial charge in [0.1, 0.15) is 11.9 Å². The Morgan fingerprint density at radius 1 is 1.18 bits per heavy atom. The van der Waals surface area contributed by atoms with Crippen molar-refractivity contribution in [3.8, 4) is 5.75 Å². The maximum absolute atomic E-state index is 9.99. The van der Waals surface area contributed by atoms with E-state index in [1.54, 1.807) is 0 Å². The van der Waals surface area contributed by atoms with Crippen LogP contribution in [0.25, 0.3) is 0 Å². The van der Waals surface area contributed by atoms with E-state index in [0.717, 1.165) is 31.4 Å². The Bertz CT molecular complexity index is 363. The summed E-state index contributed by atoms with van der Waals surface area (Å²) in [5.74, 6) is 1.49. The Hall–Kier alpha value is -1.02. The molecule has 2 nitrogen and oxygen atoms in total. The van der Waals surface area contributed by atoms with Gasteiger partial charge >= 0.3 is 0 Å². The van der Waals surface area contributed by atoms with Crippen LogP contribution < -0.4 is 4.74 Å².